The summed E-state index contributed by atoms with van der Waals surface area (Å²) >= 11 is 3.40. The Kier molecular flexibility index (Phi) is 5.82. The van der Waals surface area contributed by atoms with Crippen LogP contribution in [-0.2, 0) is 9.47 Å². The molecule has 106 valence electrons. The zero-order valence-electron chi connectivity index (χ0n) is 11.8. The lowest BCUT2D eigenvalue weighted by molar-refractivity contribution is 0.0569. The van der Waals surface area contributed by atoms with E-state index in [1.807, 2.05) is 45.0 Å². The normalized spacial score (nSPS) is 11.2. The number of methoxy groups -OCH3 is 1. The molecule has 0 unspecified atom stereocenters. The highest BCUT2D eigenvalue weighted by Crippen LogP contribution is 2.22. The fourth-order valence-electron chi connectivity index (χ4n) is 1.47. The Hall–Kier alpha value is -1.07. The Morgan fingerprint density at radius 3 is 2.58 bits per heavy atom. The van der Waals surface area contributed by atoms with Crippen molar-refractivity contribution in [3.63, 3.8) is 0 Å². The molecule has 1 aromatic rings. The summed E-state index contributed by atoms with van der Waals surface area (Å²) in [5.74, 6) is 0. The summed E-state index contributed by atoms with van der Waals surface area (Å²) in [5, 5.41) is 0. The molecule has 1 rings (SSSR count). The number of anilines is 1. The van der Waals surface area contributed by atoms with Gasteiger partial charge in [0.1, 0.15) is 5.60 Å². The highest BCUT2D eigenvalue weighted by Gasteiger charge is 2.23. The minimum atomic E-state index is -0.519. The largest absolute Gasteiger partial charge is 0.443 e. The molecule has 0 saturated heterocycles. The van der Waals surface area contributed by atoms with Crippen LogP contribution in [0.4, 0.5) is 10.5 Å². The van der Waals surface area contributed by atoms with Crippen molar-refractivity contribution in [3.8, 4) is 0 Å². The molecule has 0 aliphatic heterocycles. The number of carbonyl (C=O) groups is 1. The van der Waals surface area contributed by atoms with Gasteiger partial charge in [-0.2, -0.15) is 0 Å². The smallest absolute Gasteiger partial charge is 0.414 e. The summed E-state index contributed by atoms with van der Waals surface area (Å²) in [6, 6.07) is 7.53. The van der Waals surface area contributed by atoms with Crippen LogP contribution in [0.3, 0.4) is 0 Å². The van der Waals surface area contributed by atoms with Gasteiger partial charge in [0.25, 0.3) is 0 Å². The molecular weight excluding hydrogens is 310 g/mol. The topological polar surface area (TPSA) is 38.8 Å². The molecule has 0 atom stereocenters. The Labute approximate surface area is 122 Å². The lowest BCUT2D eigenvalue weighted by atomic mass is 10.2. The number of ether oxygens (including phenoxy) is 2. The van der Waals surface area contributed by atoms with Gasteiger partial charge in [0.15, 0.2) is 0 Å². The average molecular weight is 330 g/mol. The van der Waals surface area contributed by atoms with E-state index in [-0.39, 0.29) is 6.09 Å². The molecule has 1 amide bonds. The highest BCUT2D eigenvalue weighted by atomic mass is 79.9. The van der Waals surface area contributed by atoms with E-state index in [9.17, 15) is 4.79 Å². The minimum Gasteiger partial charge on any atom is -0.443 e. The molecule has 0 spiro atoms. The number of benzene rings is 1. The summed E-state index contributed by atoms with van der Waals surface area (Å²) in [7, 11) is 1.61. The molecule has 5 heteroatoms. The lowest BCUT2D eigenvalue weighted by Crippen LogP contribution is -2.38. The van der Waals surface area contributed by atoms with E-state index in [4.69, 9.17) is 9.47 Å². The predicted octanol–water partition coefficient (Wildman–Crippen LogP) is 3.84. The molecule has 1 aromatic carbocycles. The van der Waals surface area contributed by atoms with Gasteiger partial charge in [-0.25, -0.2) is 4.79 Å². The molecule has 0 aliphatic rings. The molecular formula is C14H20BrNO3. The number of nitrogens with zero attached hydrogens (tertiary/aromatic N) is 1. The van der Waals surface area contributed by atoms with Crippen LogP contribution in [0.15, 0.2) is 28.7 Å². The average Bonchev–Trinajstić information content (AvgIpc) is 2.27. The van der Waals surface area contributed by atoms with Crippen molar-refractivity contribution in [1.29, 1.82) is 0 Å². The van der Waals surface area contributed by atoms with E-state index in [2.05, 4.69) is 15.9 Å². The summed E-state index contributed by atoms with van der Waals surface area (Å²) < 4.78 is 11.4. The Balaban J connectivity index is 2.91. The third-order valence-corrected chi connectivity index (χ3v) is 2.75. The highest BCUT2D eigenvalue weighted by molar-refractivity contribution is 9.10. The summed E-state index contributed by atoms with van der Waals surface area (Å²) in [6.45, 7) is 6.44. The van der Waals surface area contributed by atoms with Crippen LogP contribution in [0.25, 0.3) is 0 Å². The molecule has 4 nitrogen and oxygen atoms in total. The van der Waals surface area contributed by atoms with E-state index in [1.165, 1.54) is 0 Å². The first-order valence-electron chi connectivity index (χ1n) is 6.08. The second kappa shape index (κ2) is 6.91. The van der Waals surface area contributed by atoms with Gasteiger partial charge >= 0.3 is 6.09 Å². The maximum absolute atomic E-state index is 12.2. The van der Waals surface area contributed by atoms with Gasteiger partial charge < -0.3 is 9.47 Å². The third-order valence-electron chi connectivity index (χ3n) is 2.25. The maximum Gasteiger partial charge on any atom is 0.414 e. The standard InChI is InChI=1S/C14H20BrNO3/c1-14(2,3)19-13(17)16(8-9-18-4)12-7-5-6-11(15)10-12/h5-7,10H,8-9H2,1-4H3. The molecule has 0 fully saturated rings. The number of halogens is 1. The van der Waals surface area contributed by atoms with Gasteiger partial charge in [0.05, 0.1) is 13.2 Å². The van der Waals surface area contributed by atoms with Crippen molar-refractivity contribution in [3.05, 3.63) is 28.7 Å². The fourth-order valence-corrected chi connectivity index (χ4v) is 1.86. The molecule has 0 aliphatic carbocycles. The van der Waals surface area contributed by atoms with E-state index >= 15 is 0 Å². The van der Waals surface area contributed by atoms with Gasteiger partial charge in [0.2, 0.25) is 0 Å². The van der Waals surface area contributed by atoms with E-state index in [1.54, 1.807) is 12.0 Å². The van der Waals surface area contributed by atoms with Crippen molar-refractivity contribution in [1.82, 2.24) is 0 Å². The number of hydrogen-bond acceptors (Lipinski definition) is 3. The zero-order valence-corrected chi connectivity index (χ0v) is 13.4. The first-order chi connectivity index (χ1) is 8.83. The van der Waals surface area contributed by atoms with E-state index in [0.717, 1.165) is 10.2 Å². The number of hydrogen-bond donors (Lipinski definition) is 0. The monoisotopic (exact) mass is 329 g/mol. The molecule has 0 radical (unpaired) electrons. The molecule has 0 bridgehead atoms. The van der Waals surface area contributed by atoms with Gasteiger partial charge in [0, 0.05) is 17.3 Å². The van der Waals surface area contributed by atoms with Crippen LogP contribution in [0.2, 0.25) is 0 Å². The SMILES string of the molecule is COCCN(C(=O)OC(C)(C)C)c1cccc(Br)c1. The van der Waals surface area contributed by atoms with Crippen molar-refractivity contribution in [2.75, 3.05) is 25.2 Å². The summed E-state index contributed by atoms with van der Waals surface area (Å²) in [5.41, 5.74) is 0.259. The zero-order chi connectivity index (χ0) is 14.5. The first-order valence-corrected chi connectivity index (χ1v) is 6.88. The number of amides is 1. The summed E-state index contributed by atoms with van der Waals surface area (Å²) in [6.07, 6.45) is -0.373. The Morgan fingerprint density at radius 1 is 1.37 bits per heavy atom. The number of rotatable bonds is 4. The minimum absolute atomic E-state index is 0.373. The van der Waals surface area contributed by atoms with Crippen LogP contribution < -0.4 is 4.90 Å². The van der Waals surface area contributed by atoms with E-state index < -0.39 is 5.60 Å². The maximum atomic E-state index is 12.2. The van der Waals surface area contributed by atoms with Crippen molar-refractivity contribution < 1.29 is 14.3 Å². The lowest BCUT2D eigenvalue weighted by Gasteiger charge is -2.27. The molecule has 19 heavy (non-hydrogen) atoms. The van der Waals surface area contributed by atoms with Crippen LogP contribution in [0.5, 0.6) is 0 Å². The predicted molar refractivity (Wildman–Crippen MR) is 79.6 cm³/mol. The van der Waals surface area contributed by atoms with Crippen LogP contribution in [0.1, 0.15) is 20.8 Å². The van der Waals surface area contributed by atoms with Crippen LogP contribution in [-0.4, -0.2) is 32.0 Å². The molecule has 0 saturated carbocycles. The fraction of sp³-hybridized carbons (Fsp3) is 0.500. The molecule has 0 aromatic heterocycles. The first kappa shape index (κ1) is 16.0. The summed E-state index contributed by atoms with van der Waals surface area (Å²) in [4.78, 5) is 13.8. The van der Waals surface area contributed by atoms with Crippen LogP contribution in [0, 0.1) is 0 Å². The quantitative estimate of drug-likeness (QED) is 0.842. The van der Waals surface area contributed by atoms with Gasteiger partial charge in [-0.1, -0.05) is 22.0 Å². The van der Waals surface area contributed by atoms with Crippen LogP contribution >= 0.6 is 15.9 Å². The number of carbonyl (C=O) groups excluding carboxylic acids is 1. The third kappa shape index (κ3) is 5.61. The van der Waals surface area contributed by atoms with Crippen molar-refractivity contribution in [2.24, 2.45) is 0 Å². The van der Waals surface area contributed by atoms with Crippen molar-refractivity contribution in [2.45, 2.75) is 26.4 Å². The van der Waals surface area contributed by atoms with Gasteiger partial charge in [-0.15, -0.1) is 0 Å². The van der Waals surface area contributed by atoms with Crippen molar-refractivity contribution >= 4 is 27.7 Å². The second-order valence-corrected chi connectivity index (χ2v) is 6.02. The van der Waals surface area contributed by atoms with Gasteiger partial charge in [-0.05, 0) is 39.0 Å². The Bertz CT molecular complexity index is 429. The molecule has 0 heterocycles. The Morgan fingerprint density at radius 2 is 2.05 bits per heavy atom. The molecule has 0 N–H and O–H groups in total. The van der Waals surface area contributed by atoms with E-state index in [0.29, 0.717) is 13.2 Å². The van der Waals surface area contributed by atoms with Gasteiger partial charge in [-0.3, -0.25) is 4.90 Å². The second-order valence-electron chi connectivity index (χ2n) is 5.10.